The molecule has 4 nitrogen and oxygen atoms in total. The van der Waals surface area contributed by atoms with Crippen LogP contribution in [-0.4, -0.2) is 23.2 Å². The molecule has 1 saturated carbocycles. The Kier molecular flexibility index (Phi) is 7.23. The van der Waals surface area contributed by atoms with E-state index in [4.69, 9.17) is 11.6 Å². The Morgan fingerprint density at radius 3 is 2.50 bits per heavy atom. The van der Waals surface area contributed by atoms with E-state index in [-0.39, 0.29) is 10.9 Å². The van der Waals surface area contributed by atoms with Crippen molar-refractivity contribution in [3.05, 3.63) is 28.8 Å². The Bertz CT molecular complexity index is 664. The molecule has 0 saturated heterocycles. The van der Waals surface area contributed by atoms with E-state index < -0.39 is 34.0 Å². The van der Waals surface area contributed by atoms with Gasteiger partial charge in [0.15, 0.2) is 0 Å². The molecule has 0 unspecified atom stereocenters. The van der Waals surface area contributed by atoms with Gasteiger partial charge in [-0.1, -0.05) is 30.9 Å². The predicted molar refractivity (Wildman–Crippen MR) is 95.3 cm³/mol. The SMILES string of the molecule is C[C@@H](Sc1ccc(Cl)c(C(F)(F)F)c1)C(=O)NC(=O)NC1CCCCC1. The van der Waals surface area contributed by atoms with Gasteiger partial charge in [-0.25, -0.2) is 4.79 Å². The lowest BCUT2D eigenvalue weighted by Crippen LogP contribution is -2.47. The summed E-state index contributed by atoms with van der Waals surface area (Å²) in [7, 11) is 0. The van der Waals surface area contributed by atoms with Gasteiger partial charge in [-0.2, -0.15) is 13.2 Å². The van der Waals surface area contributed by atoms with Crippen LogP contribution in [0, 0.1) is 0 Å². The van der Waals surface area contributed by atoms with Crippen LogP contribution < -0.4 is 10.6 Å². The van der Waals surface area contributed by atoms with E-state index in [0.717, 1.165) is 56.0 Å². The van der Waals surface area contributed by atoms with Gasteiger partial charge in [0.2, 0.25) is 5.91 Å². The maximum absolute atomic E-state index is 12.9. The van der Waals surface area contributed by atoms with Crippen molar-refractivity contribution in [2.75, 3.05) is 0 Å². The molecule has 0 bridgehead atoms. The number of amides is 3. The lowest BCUT2D eigenvalue weighted by atomic mass is 9.96. The van der Waals surface area contributed by atoms with Crippen molar-refractivity contribution in [2.24, 2.45) is 0 Å². The molecule has 0 aromatic heterocycles. The third kappa shape index (κ3) is 6.09. The molecule has 26 heavy (non-hydrogen) atoms. The minimum absolute atomic E-state index is 0.0603. The van der Waals surface area contributed by atoms with E-state index in [0.29, 0.717) is 0 Å². The van der Waals surface area contributed by atoms with Gasteiger partial charge in [0.1, 0.15) is 0 Å². The van der Waals surface area contributed by atoms with Gasteiger partial charge in [-0.05, 0) is 38.0 Å². The highest BCUT2D eigenvalue weighted by Crippen LogP contribution is 2.37. The number of rotatable bonds is 4. The van der Waals surface area contributed by atoms with Crippen LogP contribution in [0.15, 0.2) is 23.1 Å². The topological polar surface area (TPSA) is 58.2 Å². The van der Waals surface area contributed by atoms with Crippen molar-refractivity contribution < 1.29 is 22.8 Å². The van der Waals surface area contributed by atoms with E-state index in [2.05, 4.69) is 10.6 Å². The maximum atomic E-state index is 12.9. The lowest BCUT2D eigenvalue weighted by Gasteiger charge is -2.23. The highest BCUT2D eigenvalue weighted by atomic mass is 35.5. The molecular formula is C17H20ClF3N2O2S. The van der Waals surface area contributed by atoms with Crippen LogP contribution >= 0.6 is 23.4 Å². The smallest absolute Gasteiger partial charge is 0.335 e. The zero-order chi connectivity index (χ0) is 19.3. The molecule has 1 atom stereocenters. The highest BCUT2D eigenvalue weighted by Gasteiger charge is 2.33. The number of urea groups is 1. The summed E-state index contributed by atoms with van der Waals surface area (Å²) in [5.41, 5.74) is -0.952. The number of nitrogens with one attached hydrogen (secondary N) is 2. The second-order valence-electron chi connectivity index (χ2n) is 6.20. The number of carbonyl (C=O) groups excluding carboxylic acids is 2. The fourth-order valence-electron chi connectivity index (χ4n) is 2.73. The molecule has 1 aliphatic rings. The van der Waals surface area contributed by atoms with Gasteiger partial charge in [0, 0.05) is 10.9 Å². The number of hydrogen-bond acceptors (Lipinski definition) is 3. The molecule has 1 aliphatic carbocycles. The van der Waals surface area contributed by atoms with E-state index in [1.165, 1.54) is 13.0 Å². The Morgan fingerprint density at radius 1 is 1.23 bits per heavy atom. The summed E-state index contributed by atoms with van der Waals surface area (Å²) in [6.45, 7) is 1.52. The van der Waals surface area contributed by atoms with Crippen LogP contribution in [-0.2, 0) is 11.0 Å². The van der Waals surface area contributed by atoms with E-state index in [9.17, 15) is 22.8 Å². The average Bonchev–Trinajstić information content (AvgIpc) is 2.56. The van der Waals surface area contributed by atoms with Crippen molar-refractivity contribution in [1.29, 1.82) is 0 Å². The van der Waals surface area contributed by atoms with Crippen molar-refractivity contribution in [3.63, 3.8) is 0 Å². The summed E-state index contributed by atoms with van der Waals surface area (Å²) >= 11 is 6.51. The summed E-state index contributed by atoms with van der Waals surface area (Å²) in [5.74, 6) is -0.563. The number of thioether (sulfide) groups is 1. The first-order valence-electron chi connectivity index (χ1n) is 8.31. The zero-order valence-corrected chi connectivity index (χ0v) is 15.7. The van der Waals surface area contributed by atoms with E-state index in [1.54, 1.807) is 0 Å². The van der Waals surface area contributed by atoms with Crippen molar-refractivity contribution in [1.82, 2.24) is 10.6 Å². The van der Waals surface area contributed by atoms with Gasteiger partial charge in [0.05, 0.1) is 15.8 Å². The zero-order valence-electron chi connectivity index (χ0n) is 14.2. The molecule has 0 radical (unpaired) electrons. The van der Waals surface area contributed by atoms with Gasteiger partial charge in [0.25, 0.3) is 0 Å². The molecule has 1 aromatic rings. The number of alkyl halides is 3. The molecule has 0 spiro atoms. The lowest BCUT2D eigenvalue weighted by molar-refractivity contribution is -0.137. The maximum Gasteiger partial charge on any atom is 0.417 e. The van der Waals surface area contributed by atoms with Crippen molar-refractivity contribution in [3.8, 4) is 0 Å². The average molecular weight is 409 g/mol. The first-order chi connectivity index (χ1) is 12.2. The van der Waals surface area contributed by atoms with Crippen LogP contribution in [0.3, 0.4) is 0 Å². The van der Waals surface area contributed by atoms with Gasteiger partial charge >= 0.3 is 12.2 Å². The second kappa shape index (κ2) is 8.99. The quantitative estimate of drug-likeness (QED) is 0.689. The number of benzene rings is 1. The molecule has 1 aromatic carbocycles. The van der Waals surface area contributed by atoms with Crippen molar-refractivity contribution >= 4 is 35.3 Å². The number of imide groups is 1. The number of carbonyl (C=O) groups is 2. The van der Waals surface area contributed by atoms with Crippen LogP contribution in [0.5, 0.6) is 0 Å². The largest absolute Gasteiger partial charge is 0.417 e. The summed E-state index contributed by atoms with van der Waals surface area (Å²) in [4.78, 5) is 24.2. The monoisotopic (exact) mass is 408 g/mol. The number of hydrogen-bond donors (Lipinski definition) is 2. The molecule has 3 amide bonds. The number of halogens is 4. The van der Waals surface area contributed by atoms with Crippen LogP contribution in [0.1, 0.15) is 44.6 Å². The summed E-state index contributed by atoms with van der Waals surface area (Å²) in [6.07, 6.45) is 0.437. The van der Waals surface area contributed by atoms with Crippen molar-refractivity contribution in [2.45, 2.75) is 61.4 Å². The standard InChI is InChI=1S/C17H20ClF3N2O2S/c1-10(15(24)23-16(25)22-11-5-3-2-4-6-11)26-12-7-8-14(18)13(9-12)17(19,20)21/h7-11H,2-6H2,1H3,(H2,22,23,24,25)/t10-/m1/s1. The molecule has 9 heteroatoms. The molecule has 0 heterocycles. The van der Waals surface area contributed by atoms with E-state index >= 15 is 0 Å². The first kappa shape index (κ1) is 20.9. The minimum Gasteiger partial charge on any atom is -0.335 e. The summed E-state index contributed by atoms with van der Waals surface area (Å²) in [6, 6.07) is 2.95. The molecular weight excluding hydrogens is 389 g/mol. The van der Waals surface area contributed by atoms with Crippen LogP contribution in [0.4, 0.5) is 18.0 Å². The summed E-state index contributed by atoms with van der Waals surface area (Å²) in [5, 5.41) is 3.87. The fraction of sp³-hybridized carbons (Fsp3) is 0.529. The third-order valence-electron chi connectivity index (χ3n) is 4.10. The Hall–Kier alpha value is -1.41. The third-order valence-corrected chi connectivity index (χ3v) is 5.53. The normalized spacial score (nSPS) is 16.8. The molecule has 144 valence electrons. The Balaban J connectivity index is 1.91. The summed E-state index contributed by atoms with van der Waals surface area (Å²) < 4.78 is 38.7. The van der Waals surface area contributed by atoms with Gasteiger partial charge in [-0.3, -0.25) is 10.1 Å². The molecule has 0 aliphatic heterocycles. The van der Waals surface area contributed by atoms with Gasteiger partial charge < -0.3 is 5.32 Å². The van der Waals surface area contributed by atoms with Crippen LogP contribution in [0.25, 0.3) is 0 Å². The molecule has 2 N–H and O–H groups in total. The van der Waals surface area contributed by atoms with Crippen LogP contribution in [0.2, 0.25) is 5.02 Å². The fourth-order valence-corrected chi connectivity index (χ4v) is 3.87. The molecule has 2 rings (SSSR count). The van der Waals surface area contributed by atoms with Gasteiger partial charge in [-0.15, -0.1) is 11.8 Å². The highest BCUT2D eigenvalue weighted by molar-refractivity contribution is 8.00. The first-order valence-corrected chi connectivity index (χ1v) is 9.57. The molecule has 1 fully saturated rings. The van der Waals surface area contributed by atoms with E-state index in [1.807, 2.05) is 0 Å². The second-order valence-corrected chi connectivity index (χ2v) is 8.02. The Morgan fingerprint density at radius 2 is 1.88 bits per heavy atom. The minimum atomic E-state index is -4.57. The Labute approximate surface area is 159 Å². The predicted octanol–water partition coefficient (Wildman–Crippen LogP) is 5.00.